The molecule has 3 heterocycles. The Balaban J connectivity index is 1.75. The number of piperidine rings is 2. The van der Waals surface area contributed by atoms with Gasteiger partial charge in [0.05, 0.1) is 6.26 Å². The van der Waals surface area contributed by atoms with Gasteiger partial charge in [0.2, 0.25) is 15.9 Å². The smallest absolute Gasteiger partial charge is 0.222 e. The van der Waals surface area contributed by atoms with Crippen molar-refractivity contribution in [3.63, 3.8) is 0 Å². The van der Waals surface area contributed by atoms with Crippen LogP contribution in [0.2, 0.25) is 0 Å². The van der Waals surface area contributed by atoms with E-state index in [4.69, 9.17) is 0 Å². The molecule has 1 spiro atoms. The van der Waals surface area contributed by atoms with Gasteiger partial charge in [-0.1, -0.05) is 0 Å². The van der Waals surface area contributed by atoms with Gasteiger partial charge in [-0.2, -0.15) is 0 Å². The molecule has 2 aliphatic rings. The van der Waals surface area contributed by atoms with Gasteiger partial charge >= 0.3 is 0 Å². The first-order chi connectivity index (χ1) is 10.9. The van der Waals surface area contributed by atoms with Crippen molar-refractivity contribution < 1.29 is 13.2 Å². The number of hydrogen-bond donors (Lipinski definition) is 0. The number of aromatic nitrogens is 1. The summed E-state index contributed by atoms with van der Waals surface area (Å²) in [6, 6.07) is 3.83. The molecule has 2 aliphatic heterocycles. The van der Waals surface area contributed by atoms with Crippen LogP contribution in [0, 0.1) is 5.41 Å². The highest BCUT2D eigenvalue weighted by Gasteiger charge is 2.43. The summed E-state index contributed by atoms with van der Waals surface area (Å²) < 4.78 is 25.4. The Hall–Kier alpha value is -1.47. The van der Waals surface area contributed by atoms with E-state index >= 15 is 0 Å². The van der Waals surface area contributed by atoms with E-state index in [2.05, 4.69) is 4.98 Å². The van der Waals surface area contributed by atoms with Gasteiger partial charge in [-0.05, 0) is 37.0 Å². The number of rotatable bonds is 3. The minimum Gasteiger partial charge on any atom is -0.338 e. The lowest BCUT2D eigenvalue weighted by Gasteiger charge is -2.47. The standard InChI is InChI=1S/C16H23N3O3S/c1-23(21,22)19-10-2-6-16(13-19)7-3-15(20)18(12-16)11-14-4-8-17-9-5-14/h4-5,8-9H,2-3,6-7,10-13H2,1H3/t16-/m0/s1. The quantitative estimate of drug-likeness (QED) is 0.832. The van der Waals surface area contributed by atoms with Crippen LogP contribution in [-0.2, 0) is 21.4 Å². The highest BCUT2D eigenvalue weighted by Crippen LogP contribution is 2.39. The molecule has 2 fully saturated rings. The van der Waals surface area contributed by atoms with Crippen molar-refractivity contribution in [3.8, 4) is 0 Å². The second kappa shape index (κ2) is 6.20. The van der Waals surface area contributed by atoms with Crippen LogP contribution < -0.4 is 0 Å². The van der Waals surface area contributed by atoms with Gasteiger partial charge in [0, 0.05) is 50.4 Å². The zero-order valence-electron chi connectivity index (χ0n) is 13.4. The largest absolute Gasteiger partial charge is 0.338 e. The average Bonchev–Trinajstić information content (AvgIpc) is 2.52. The molecule has 3 rings (SSSR count). The predicted molar refractivity (Wildman–Crippen MR) is 87.0 cm³/mol. The number of carbonyl (C=O) groups excluding carboxylic acids is 1. The second-order valence-electron chi connectivity index (χ2n) is 6.81. The Morgan fingerprint density at radius 1 is 1.22 bits per heavy atom. The molecule has 2 saturated heterocycles. The lowest BCUT2D eigenvalue weighted by Crippen LogP contribution is -2.54. The Labute approximate surface area is 137 Å². The lowest BCUT2D eigenvalue weighted by atomic mass is 9.74. The highest BCUT2D eigenvalue weighted by atomic mass is 32.2. The molecule has 1 amide bonds. The van der Waals surface area contributed by atoms with Gasteiger partial charge in [0.15, 0.2) is 0 Å². The first-order valence-electron chi connectivity index (χ1n) is 8.00. The maximum atomic E-state index is 12.3. The van der Waals surface area contributed by atoms with Gasteiger partial charge in [-0.15, -0.1) is 0 Å². The van der Waals surface area contributed by atoms with Crippen LogP contribution in [-0.4, -0.2) is 54.4 Å². The number of carbonyl (C=O) groups is 1. The molecule has 7 heteroatoms. The van der Waals surface area contributed by atoms with Crippen LogP contribution >= 0.6 is 0 Å². The van der Waals surface area contributed by atoms with Crippen LogP contribution in [0.4, 0.5) is 0 Å². The first-order valence-corrected chi connectivity index (χ1v) is 9.85. The summed E-state index contributed by atoms with van der Waals surface area (Å²) in [5.41, 5.74) is 0.962. The molecule has 0 saturated carbocycles. The van der Waals surface area contributed by atoms with E-state index in [9.17, 15) is 13.2 Å². The number of hydrogen-bond acceptors (Lipinski definition) is 4. The number of sulfonamides is 1. The van der Waals surface area contributed by atoms with Crippen molar-refractivity contribution in [2.24, 2.45) is 5.41 Å². The van der Waals surface area contributed by atoms with E-state index in [1.54, 1.807) is 16.7 Å². The fourth-order valence-corrected chi connectivity index (χ4v) is 4.70. The predicted octanol–water partition coefficient (Wildman–Crippen LogP) is 1.25. The van der Waals surface area contributed by atoms with E-state index in [1.807, 2.05) is 17.0 Å². The molecule has 0 aliphatic carbocycles. The molecule has 0 radical (unpaired) electrons. The second-order valence-corrected chi connectivity index (χ2v) is 8.79. The van der Waals surface area contributed by atoms with Crippen LogP contribution in [0.25, 0.3) is 0 Å². The number of likely N-dealkylation sites (tertiary alicyclic amines) is 1. The first kappa shape index (κ1) is 16.4. The summed E-state index contributed by atoms with van der Waals surface area (Å²) in [7, 11) is -3.17. The number of pyridine rings is 1. The van der Waals surface area contributed by atoms with Crippen molar-refractivity contribution in [2.75, 3.05) is 25.9 Å². The van der Waals surface area contributed by atoms with Gasteiger partial charge < -0.3 is 4.90 Å². The van der Waals surface area contributed by atoms with Gasteiger partial charge in [0.25, 0.3) is 0 Å². The van der Waals surface area contributed by atoms with Crippen LogP contribution in [0.15, 0.2) is 24.5 Å². The van der Waals surface area contributed by atoms with Crippen LogP contribution in [0.5, 0.6) is 0 Å². The van der Waals surface area contributed by atoms with Crippen molar-refractivity contribution in [1.82, 2.24) is 14.2 Å². The Bertz CT molecular complexity index is 677. The van der Waals surface area contributed by atoms with E-state index in [0.29, 0.717) is 32.6 Å². The molecule has 0 aromatic carbocycles. The van der Waals surface area contributed by atoms with E-state index < -0.39 is 10.0 Å². The Kier molecular flexibility index (Phi) is 4.42. The maximum absolute atomic E-state index is 12.3. The van der Waals surface area contributed by atoms with Crippen molar-refractivity contribution >= 4 is 15.9 Å². The molecule has 1 aromatic heterocycles. The molecule has 1 aromatic rings. The summed E-state index contributed by atoms with van der Waals surface area (Å²) in [4.78, 5) is 18.2. The summed E-state index contributed by atoms with van der Waals surface area (Å²) in [5, 5.41) is 0. The fraction of sp³-hybridized carbons (Fsp3) is 0.625. The number of amides is 1. The van der Waals surface area contributed by atoms with Crippen molar-refractivity contribution in [3.05, 3.63) is 30.1 Å². The minimum absolute atomic E-state index is 0.0950. The summed E-state index contributed by atoms with van der Waals surface area (Å²) in [5.74, 6) is 0.156. The van der Waals surface area contributed by atoms with E-state index in [1.165, 1.54) is 6.26 Å². The third-order valence-electron chi connectivity index (χ3n) is 4.97. The summed E-state index contributed by atoms with van der Waals surface area (Å²) >= 11 is 0. The Morgan fingerprint density at radius 2 is 1.96 bits per heavy atom. The third kappa shape index (κ3) is 3.72. The normalized spacial score (nSPS) is 26.7. The fourth-order valence-electron chi connectivity index (χ4n) is 3.73. The summed E-state index contributed by atoms with van der Waals surface area (Å²) in [6.45, 7) is 2.34. The molecule has 1 atom stereocenters. The third-order valence-corrected chi connectivity index (χ3v) is 6.22. The van der Waals surface area contributed by atoms with E-state index in [-0.39, 0.29) is 11.3 Å². The highest BCUT2D eigenvalue weighted by molar-refractivity contribution is 7.88. The SMILES string of the molecule is CS(=O)(=O)N1CCC[C@@]2(CCC(=O)N(Cc3ccncc3)C2)C1. The molecular formula is C16H23N3O3S. The molecule has 126 valence electrons. The summed E-state index contributed by atoms with van der Waals surface area (Å²) in [6.07, 6.45) is 7.86. The topological polar surface area (TPSA) is 70.6 Å². The molecule has 0 bridgehead atoms. The molecule has 23 heavy (non-hydrogen) atoms. The molecule has 6 nitrogen and oxygen atoms in total. The van der Waals surface area contributed by atoms with Crippen LogP contribution in [0.3, 0.4) is 0 Å². The average molecular weight is 337 g/mol. The van der Waals surface area contributed by atoms with Gasteiger partial charge in [-0.3, -0.25) is 9.78 Å². The van der Waals surface area contributed by atoms with Crippen LogP contribution in [0.1, 0.15) is 31.2 Å². The number of nitrogens with zero attached hydrogens (tertiary/aromatic N) is 3. The van der Waals surface area contributed by atoms with Crippen molar-refractivity contribution in [1.29, 1.82) is 0 Å². The zero-order valence-corrected chi connectivity index (χ0v) is 14.3. The lowest BCUT2D eigenvalue weighted by molar-refractivity contribution is -0.139. The van der Waals surface area contributed by atoms with E-state index in [0.717, 1.165) is 24.8 Å². The Morgan fingerprint density at radius 3 is 2.65 bits per heavy atom. The minimum atomic E-state index is -3.17. The maximum Gasteiger partial charge on any atom is 0.222 e. The monoisotopic (exact) mass is 337 g/mol. The van der Waals surface area contributed by atoms with Gasteiger partial charge in [0.1, 0.15) is 0 Å². The molecule has 0 unspecified atom stereocenters. The van der Waals surface area contributed by atoms with Crippen molar-refractivity contribution in [2.45, 2.75) is 32.2 Å². The van der Waals surface area contributed by atoms with Gasteiger partial charge in [-0.25, -0.2) is 12.7 Å². The molecule has 0 N–H and O–H groups in total. The zero-order chi connectivity index (χ0) is 16.5. The molecular weight excluding hydrogens is 314 g/mol.